The second kappa shape index (κ2) is 9.44. The predicted molar refractivity (Wildman–Crippen MR) is 114 cm³/mol. The summed E-state index contributed by atoms with van der Waals surface area (Å²) in [6.45, 7) is 0.672. The lowest BCUT2D eigenvalue weighted by atomic mass is 10.2. The summed E-state index contributed by atoms with van der Waals surface area (Å²) in [5.41, 5.74) is 0.330. The zero-order chi connectivity index (χ0) is 21.8. The third-order valence-electron chi connectivity index (χ3n) is 4.06. The van der Waals surface area contributed by atoms with Gasteiger partial charge in [0.25, 0.3) is 5.56 Å². The van der Waals surface area contributed by atoms with E-state index in [0.29, 0.717) is 21.1 Å². The Kier molecular flexibility index (Phi) is 6.94. The van der Waals surface area contributed by atoms with Gasteiger partial charge in [0.2, 0.25) is 5.91 Å². The van der Waals surface area contributed by atoms with Crippen LogP contribution >= 0.6 is 23.4 Å². The van der Waals surface area contributed by atoms with Gasteiger partial charge in [-0.25, -0.2) is 4.98 Å². The molecular formula is C20H18ClF2N3O3S. The highest BCUT2D eigenvalue weighted by Crippen LogP contribution is 2.27. The van der Waals surface area contributed by atoms with Crippen molar-refractivity contribution in [2.75, 3.05) is 11.1 Å². The van der Waals surface area contributed by atoms with E-state index in [9.17, 15) is 18.4 Å². The number of ether oxygens (including phenoxy) is 1. The topological polar surface area (TPSA) is 73.2 Å². The first-order chi connectivity index (χ1) is 14.3. The molecule has 1 aromatic heterocycles. The van der Waals surface area contributed by atoms with E-state index in [0.717, 1.165) is 11.8 Å². The van der Waals surface area contributed by atoms with Crippen LogP contribution in [0.2, 0.25) is 5.02 Å². The third-order valence-corrected chi connectivity index (χ3v) is 5.24. The molecule has 1 N–H and O–H groups in total. The number of carbonyl (C=O) groups is 1. The van der Waals surface area contributed by atoms with Gasteiger partial charge >= 0.3 is 6.61 Å². The highest BCUT2D eigenvalue weighted by molar-refractivity contribution is 7.99. The Labute approximate surface area is 180 Å². The van der Waals surface area contributed by atoms with Crippen LogP contribution in [0.3, 0.4) is 0 Å². The molecule has 3 rings (SSSR count). The summed E-state index contributed by atoms with van der Waals surface area (Å²) in [4.78, 5) is 29.8. The number of carbonyl (C=O) groups excluding carboxylic acids is 1. The van der Waals surface area contributed by atoms with E-state index in [4.69, 9.17) is 11.6 Å². The molecule has 0 atom stereocenters. The summed E-state index contributed by atoms with van der Waals surface area (Å²) < 4.78 is 31.0. The molecule has 0 aliphatic heterocycles. The maximum atomic E-state index is 12.9. The molecule has 0 fully saturated rings. The number of fused-ring (bicyclic) bond motifs is 1. The second-order valence-corrected chi connectivity index (χ2v) is 7.92. The second-order valence-electron chi connectivity index (χ2n) is 6.54. The number of nitrogens with zero attached hydrogens (tertiary/aromatic N) is 2. The van der Waals surface area contributed by atoms with Crippen LogP contribution in [-0.4, -0.2) is 27.8 Å². The number of alkyl halides is 2. The monoisotopic (exact) mass is 453 g/mol. The summed E-state index contributed by atoms with van der Waals surface area (Å²) in [5, 5.41) is 3.78. The first-order valence-electron chi connectivity index (χ1n) is 8.94. The Balaban J connectivity index is 1.83. The fourth-order valence-electron chi connectivity index (χ4n) is 2.79. The van der Waals surface area contributed by atoms with E-state index in [-0.39, 0.29) is 28.8 Å². The van der Waals surface area contributed by atoms with Crippen LogP contribution in [0.1, 0.15) is 19.9 Å². The van der Waals surface area contributed by atoms with E-state index in [1.165, 1.54) is 22.8 Å². The van der Waals surface area contributed by atoms with Crippen molar-refractivity contribution in [2.24, 2.45) is 0 Å². The van der Waals surface area contributed by atoms with Crippen molar-refractivity contribution < 1.29 is 18.3 Å². The minimum atomic E-state index is -3.01. The molecule has 3 aromatic rings. The highest BCUT2D eigenvalue weighted by atomic mass is 35.5. The van der Waals surface area contributed by atoms with Gasteiger partial charge < -0.3 is 10.1 Å². The zero-order valence-electron chi connectivity index (χ0n) is 16.1. The quantitative estimate of drug-likeness (QED) is 0.404. The molecule has 30 heavy (non-hydrogen) atoms. The Morgan fingerprint density at radius 3 is 2.70 bits per heavy atom. The largest absolute Gasteiger partial charge is 0.433 e. The van der Waals surface area contributed by atoms with Gasteiger partial charge in [-0.15, -0.1) is 0 Å². The van der Waals surface area contributed by atoms with Crippen LogP contribution in [0, 0.1) is 0 Å². The van der Waals surface area contributed by atoms with Crippen molar-refractivity contribution in [3.8, 4) is 5.75 Å². The molecule has 6 nitrogen and oxygen atoms in total. The fraction of sp³-hybridized carbons (Fsp3) is 0.250. The Hall–Kier alpha value is -2.65. The molecule has 0 saturated carbocycles. The molecule has 0 saturated heterocycles. The molecule has 1 amide bonds. The minimum absolute atomic E-state index is 0.0890. The van der Waals surface area contributed by atoms with E-state index < -0.39 is 12.5 Å². The molecule has 1 heterocycles. The molecule has 0 aliphatic rings. The number of rotatable bonds is 7. The number of nitrogens with one attached hydrogen (secondary N) is 1. The van der Waals surface area contributed by atoms with E-state index in [2.05, 4.69) is 15.0 Å². The molecule has 2 aromatic carbocycles. The zero-order valence-corrected chi connectivity index (χ0v) is 17.6. The van der Waals surface area contributed by atoms with E-state index in [1.54, 1.807) is 24.3 Å². The Morgan fingerprint density at radius 2 is 2.00 bits per heavy atom. The molecule has 10 heteroatoms. The number of hydrogen-bond acceptors (Lipinski definition) is 5. The summed E-state index contributed by atoms with van der Waals surface area (Å²) in [6.07, 6.45) is 0. The van der Waals surface area contributed by atoms with Gasteiger partial charge in [0.1, 0.15) is 5.75 Å². The van der Waals surface area contributed by atoms with Crippen LogP contribution < -0.4 is 15.6 Å². The normalized spacial score (nSPS) is 11.3. The predicted octanol–water partition coefficient (Wildman–Crippen LogP) is 4.96. The van der Waals surface area contributed by atoms with Crippen molar-refractivity contribution in [3.05, 3.63) is 57.8 Å². The number of hydrogen-bond donors (Lipinski definition) is 1. The lowest BCUT2D eigenvalue weighted by Crippen LogP contribution is -2.25. The van der Waals surface area contributed by atoms with Crippen molar-refractivity contribution >= 4 is 45.9 Å². The van der Waals surface area contributed by atoms with E-state index >= 15 is 0 Å². The first kappa shape index (κ1) is 22.0. The minimum Gasteiger partial charge on any atom is -0.433 e. The van der Waals surface area contributed by atoms with Gasteiger partial charge in [0.15, 0.2) is 5.16 Å². The molecule has 0 unspecified atom stereocenters. The van der Waals surface area contributed by atoms with Crippen molar-refractivity contribution in [3.63, 3.8) is 0 Å². The van der Waals surface area contributed by atoms with Crippen LogP contribution in [0.4, 0.5) is 14.5 Å². The molecule has 0 aliphatic carbocycles. The smallest absolute Gasteiger partial charge is 0.387 e. The van der Waals surface area contributed by atoms with Gasteiger partial charge in [-0.05, 0) is 44.2 Å². The standard InChI is InChI=1S/C20H18ClF2N3O3S/c1-11(2)26-18(28)13-8-7-12(21)9-15(13)25-20(26)30-10-17(27)24-14-5-3-4-6-16(14)29-19(22)23/h3-9,11,19H,10H2,1-2H3,(H,24,27). The van der Waals surface area contributed by atoms with Gasteiger partial charge in [0.05, 0.1) is 22.3 Å². The van der Waals surface area contributed by atoms with Crippen LogP contribution in [0.5, 0.6) is 5.75 Å². The number of para-hydroxylation sites is 2. The number of benzene rings is 2. The number of anilines is 1. The third kappa shape index (κ3) is 5.09. The maximum Gasteiger partial charge on any atom is 0.387 e. The Morgan fingerprint density at radius 1 is 1.27 bits per heavy atom. The molecule has 158 valence electrons. The number of aromatic nitrogens is 2. The summed E-state index contributed by atoms with van der Waals surface area (Å²) in [5.74, 6) is -0.682. The van der Waals surface area contributed by atoms with Crippen LogP contribution in [0.15, 0.2) is 52.4 Å². The summed E-state index contributed by atoms with van der Waals surface area (Å²) in [6, 6.07) is 10.5. The number of amides is 1. The molecular weight excluding hydrogens is 436 g/mol. The SMILES string of the molecule is CC(C)n1c(SCC(=O)Nc2ccccc2OC(F)F)nc2cc(Cl)ccc2c1=O. The lowest BCUT2D eigenvalue weighted by Gasteiger charge is -2.16. The van der Waals surface area contributed by atoms with Crippen LogP contribution in [0.25, 0.3) is 10.9 Å². The summed E-state index contributed by atoms with van der Waals surface area (Å²) >= 11 is 7.07. The average molecular weight is 454 g/mol. The van der Waals surface area contributed by atoms with Crippen molar-refractivity contribution in [2.45, 2.75) is 31.7 Å². The maximum absolute atomic E-state index is 12.9. The fourth-order valence-corrected chi connectivity index (χ4v) is 3.89. The average Bonchev–Trinajstić information content (AvgIpc) is 2.67. The number of halogens is 3. The molecule has 0 radical (unpaired) electrons. The van der Waals surface area contributed by atoms with Crippen LogP contribution in [-0.2, 0) is 4.79 Å². The Bertz CT molecular complexity index is 1140. The van der Waals surface area contributed by atoms with Gasteiger partial charge in [-0.3, -0.25) is 14.2 Å². The van der Waals surface area contributed by atoms with Crippen molar-refractivity contribution in [1.82, 2.24) is 9.55 Å². The highest BCUT2D eigenvalue weighted by Gasteiger charge is 2.17. The summed E-state index contributed by atoms with van der Waals surface area (Å²) in [7, 11) is 0. The first-order valence-corrected chi connectivity index (χ1v) is 10.3. The molecule has 0 bridgehead atoms. The molecule has 0 spiro atoms. The van der Waals surface area contributed by atoms with Crippen molar-refractivity contribution in [1.29, 1.82) is 0 Å². The van der Waals surface area contributed by atoms with E-state index in [1.807, 2.05) is 13.8 Å². The van der Waals surface area contributed by atoms with Gasteiger partial charge in [-0.1, -0.05) is 35.5 Å². The lowest BCUT2D eigenvalue weighted by molar-refractivity contribution is -0.113. The van der Waals surface area contributed by atoms with Gasteiger partial charge in [0, 0.05) is 11.1 Å². The van der Waals surface area contributed by atoms with Gasteiger partial charge in [-0.2, -0.15) is 8.78 Å². The number of thioether (sulfide) groups is 1.